The minimum absolute atomic E-state index is 0.0762. The van der Waals surface area contributed by atoms with E-state index in [-0.39, 0.29) is 18.1 Å². The Morgan fingerprint density at radius 3 is 2.83 bits per heavy atom. The topological polar surface area (TPSA) is 89.5 Å². The van der Waals surface area contributed by atoms with Crippen molar-refractivity contribution in [3.05, 3.63) is 41.0 Å². The smallest absolute Gasteiger partial charge is 0.258 e. The van der Waals surface area contributed by atoms with Gasteiger partial charge in [0.25, 0.3) is 11.6 Å². The molecule has 0 aliphatic carbocycles. The van der Waals surface area contributed by atoms with E-state index in [9.17, 15) is 4.79 Å². The van der Waals surface area contributed by atoms with Crippen LogP contribution in [0.3, 0.4) is 0 Å². The first-order chi connectivity index (χ1) is 13.8. The molecule has 3 aromatic rings. The highest BCUT2D eigenvalue weighted by molar-refractivity contribution is 6.06. The van der Waals surface area contributed by atoms with Gasteiger partial charge in [0, 0.05) is 37.6 Å². The number of nitrogens with zero attached hydrogens (tertiary/aromatic N) is 6. The predicted octanol–water partition coefficient (Wildman–Crippen LogP) is 1.72. The van der Waals surface area contributed by atoms with Gasteiger partial charge in [0.2, 0.25) is 0 Å². The molecule has 0 radical (unpaired) electrons. The minimum Gasteiger partial charge on any atom is -0.373 e. The van der Waals surface area contributed by atoms with Crippen molar-refractivity contribution in [3.8, 4) is 0 Å². The zero-order valence-corrected chi connectivity index (χ0v) is 17.4. The van der Waals surface area contributed by atoms with Gasteiger partial charge in [-0.15, -0.1) is 0 Å². The molecule has 1 fully saturated rings. The van der Waals surface area contributed by atoms with E-state index in [1.165, 1.54) is 0 Å². The summed E-state index contributed by atoms with van der Waals surface area (Å²) in [6.45, 7) is 5.35. The number of pyridine rings is 1. The summed E-state index contributed by atoms with van der Waals surface area (Å²) in [5.74, 6) is -0.0762. The van der Waals surface area contributed by atoms with Crippen molar-refractivity contribution >= 4 is 17.0 Å². The monoisotopic (exact) mass is 398 g/mol. The Kier molecular flexibility index (Phi) is 5.10. The number of aryl methyl sites for hydroxylation is 3. The Morgan fingerprint density at radius 2 is 2.14 bits per heavy atom. The van der Waals surface area contributed by atoms with E-state index in [1.54, 1.807) is 10.9 Å². The van der Waals surface area contributed by atoms with Gasteiger partial charge in [0.1, 0.15) is 0 Å². The molecule has 0 unspecified atom stereocenters. The van der Waals surface area contributed by atoms with Gasteiger partial charge in [0.15, 0.2) is 0 Å². The molecule has 154 valence electrons. The molecule has 3 aromatic heterocycles. The Balaban J connectivity index is 1.79. The molecule has 4 heterocycles. The number of aromatic nitrogens is 4. The summed E-state index contributed by atoms with van der Waals surface area (Å²) in [6.07, 6.45) is 3.59. The molecule has 29 heavy (non-hydrogen) atoms. The van der Waals surface area contributed by atoms with Crippen molar-refractivity contribution in [2.75, 3.05) is 33.8 Å². The number of hydrogen-bond donors (Lipinski definition) is 0. The summed E-state index contributed by atoms with van der Waals surface area (Å²) in [7, 11) is 5.87. The molecule has 0 N–H and O–H groups in total. The van der Waals surface area contributed by atoms with Gasteiger partial charge in [-0.25, -0.2) is 4.98 Å². The largest absolute Gasteiger partial charge is 0.373 e. The summed E-state index contributed by atoms with van der Waals surface area (Å²) in [5, 5.41) is 8.99. The lowest BCUT2D eigenvalue weighted by molar-refractivity contribution is -0.0684. The van der Waals surface area contributed by atoms with E-state index in [0.717, 1.165) is 5.56 Å². The van der Waals surface area contributed by atoms with Crippen molar-refractivity contribution in [3.63, 3.8) is 0 Å². The molecule has 9 nitrogen and oxygen atoms in total. The fraction of sp³-hybridized carbons (Fsp3) is 0.500. The lowest BCUT2D eigenvalue weighted by Gasteiger charge is -2.42. The number of fused-ring (bicyclic) bond motifs is 1. The molecular weight excluding hydrogens is 372 g/mol. The van der Waals surface area contributed by atoms with E-state index >= 15 is 0 Å². The number of morpholine rings is 1. The minimum atomic E-state index is -0.240. The normalized spacial score (nSPS) is 20.0. The number of ether oxygens (including phenoxy) is 1. The second-order valence-corrected chi connectivity index (χ2v) is 7.82. The van der Waals surface area contributed by atoms with Crippen LogP contribution in [0, 0.1) is 13.8 Å². The van der Waals surface area contributed by atoms with Crippen LogP contribution < -0.4 is 0 Å². The molecule has 4 rings (SSSR count). The average Bonchev–Trinajstić information content (AvgIpc) is 3.25. The number of rotatable bonds is 4. The summed E-state index contributed by atoms with van der Waals surface area (Å²) in [4.78, 5) is 22.1. The zero-order chi connectivity index (χ0) is 20.7. The van der Waals surface area contributed by atoms with Crippen molar-refractivity contribution in [2.45, 2.75) is 26.0 Å². The van der Waals surface area contributed by atoms with Crippen LogP contribution in [0.1, 0.15) is 33.4 Å². The summed E-state index contributed by atoms with van der Waals surface area (Å²) >= 11 is 0. The fourth-order valence-electron chi connectivity index (χ4n) is 4.00. The molecule has 0 saturated carbocycles. The van der Waals surface area contributed by atoms with Crippen LogP contribution >= 0.6 is 0 Å². The Bertz CT molecular complexity index is 1040. The standard InChI is InChI=1S/C20H26N6O3/c1-12-8-15(17-13(2)23-29-19(17)22-12)20(27)26-6-7-28-16(11-24(3)4)18(26)14-9-21-25(5)10-14/h8-10,16,18H,6-7,11H2,1-5H3/t16-,18-/m0/s1. The summed E-state index contributed by atoms with van der Waals surface area (Å²) in [5.41, 5.74) is 3.28. The Morgan fingerprint density at radius 1 is 1.34 bits per heavy atom. The third-order valence-corrected chi connectivity index (χ3v) is 5.20. The van der Waals surface area contributed by atoms with Crippen LogP contribution in [0.15, 0.2) is 23.0 Å². The van der Waals surface area contributed by atoms with Crippen molar-refractivity contribution < 1.29 is 14.1 Å². The van der Waals surface area contributed by atoms with Crippen LogP contribution in [0.2, 0.25) is 0 Å². The molecule has 1 amide bonds. The molecule has 1 aliphatic heterocycles. The lowest BCUT2D eigenvalue weighted by atomic mass is 9.98. The number of carbonyl (C=O) groups is 1. The van der Waals surface area contributed by atoms with E-state index in [2.05, 4.69) is 20.1 Å². The Hall–Kier alpha value is -2.78. The third-order valence-electron chi connectivity index (χ3n) is 5.20. The van der Waals surface area contributed by atoms with Crippen LogP contribution in [-0.4, -0.2) is 75.5 Å². The van der Waals surface area contributed by atoms with Crippen molar-refractivity contribution in [1.82, 2.24) is 29.7 Å². The summed E-state index contributed by atoms with van der Waals surface area (Å²) in [6, 6.07) is 1.57. The maximum atomic E-state index is 13.8. The Labute approximate surface area is 169 Å². The second kappa shape index (κ2) is 7.57. The first-order valence-corrected chi connectivity index (χ1v) is 9.64. The van der Waals surface area contributed by atoms with E-state index in [4.69, 9.17) is 9.26 Å². The van der Waals surface area contributed by atoms with Crippen LogP contribution in [0.25, 0.3) is 11.1 Å². The van der Waals surface area contributed by atoms with E-state index < -0.39 is 0 Å². The van der Waals surface area contributed by atoms with E-state index in [1.807, 2.05) is 52.2 Å². The first-order valence-electron chi connectivity index (χ1n) is 9.64. The molecule has 1 aliphatic rings. The van der Waals surface area contributed by atoms with Crippen LogP contribution in [0.5, 0.6) is 0 Å². The molecule has 0 aromatic carbocycles. The van der Waals surface area contributed by atoms with Gasteiger partial charge in [-0.05, 0) is 34.0 Å². The molecule has 0 spiro atoms. The molecular formula is C20H26N6O3. The molecule has 2 atom stereocenters. The van der Waals surface area contributed by atoms with Gasteiger partial charge in [0.05, 0.1) is 41.6 Å². The average molecular weight is 398 g/mol. The lowest BCUT2D eigenvalue weighted by Crippen LogP contribution is -2.51. The number of carbonyl (C=O) groups excluding carboxylic acids is 1. The number of amides is 1. The third kappa shape index (κ3) is 3.63. The quantitative estimate of drug-likeness (QED) is 0.661. The van der Waals surface area contributed by atoms with Gasteiger partial charge in [-0.2, -0.15) is 5.10 Å². The van der Waals surface area contributed by atoms with Crippen molar-refractivity contribution in [2.24, 2.45) is 7.05 Å². The number of hydrogen-bond acceptors (Lipinski definition) is 7. The van der Waals surface area contributed by atoms with E-state index in [0.29, 0.717) is 47.7 Å². The SMILES string of the molecule is Cc1cc(C(=O)N2CCO[C@@H](CN(C)C)[C@@H]2c2cnn(C)c2)c2c(C)noc2n1. The number of likely N-dealkylation sites (N-methyl/N-ethyl adjacent to an activating group) is 1. The van der Waals surface area contributed by atoms with Gasteiger partial charge >= 0.3 is 0 Å². The highest BCUT2D eigenvalue weighted by Crippen LogP contribution is 2.33. The zero-order valence-electron chi connectivity index (χ0n) is 17.4. The maximum absolute atomic E-state index is 13.8. The highest BCUT2D eigenvalue weighted by atomic mass is 16.5. The molecule has 9 heteroatoms. The second-order valence-electron chi connectivity index (χ2n) is 7.82. The maximum Gasteiger partial charge on any atom is 0.258 e. The highest BCUT2D eigenvalue weighted by Gasteiger charge is 2.38. The summed E-state index contributed by atoms with van der Waals surface area (Å²) < 4.78 is 13.2. The van der Waals surface area contributed by atoms with Gasteiger partial charge in [-0.3, -0.25) is 9.48 Å². The van der Waals surface area contributed by atoms with Crippen LogP contribution in [-0.2, 0) is 11.8 Å². The molecule has 1 saturated heterocycles. The van der Waals surface area contributed by atoms with Gasteiger partial charge < -0.3 is 19.1 Å². The van der Waals surface area contributed by atoms with Crippen molar-refractivity contribution in [1.29, 1.82) is 0 Å². The first kappa shape index (κ1) is 19.5. The van der Waals surface area contributed by atoms with Crippen LogP contribution in [0.4, 0.5) is 0 Å². The molecule has 0 bridgehead atoms. The predicted molar refractivity (Wildman–Crippen MR) is 107 cm³/mol. The fourth-order valence-corrected chi connectivity index (χ4v) is 4.00. The van der Waals surface area contributed by atoms with Gasteiger partial charge in [-0.1, -0.05) is 5.16 Å².